The lowest BCUT2D eigenvalue weighted by atomic mass is 10.2. The number of ether oxygens (including phenoxy) is 2. The van der Waals surface area contributed by atoms with Crippen LogP contribution in [-0.2, 0) is 21.1 Å². The Hall–Kier alpha value is -0.670. The van der Waals surface area contributed by atoms with E-state index in [-0.39, 0.29) is 0 Å². The molecule has 0 aromatic carbocycles. The molecule has 0 atom stereocenters. The van der Waals surface area contributed by atoms with Crippen LogP contribution in [0.25, 0.3) is 0 Å². The molecule has 0 aliphatic carbocycles. The number of hydrogen-bond donors (Lipinski definition) is 0. The largest absolute Gasteiger partial charge is 0.452 e. The summed E-state index contributed by atoms with van der Waals surface area (Å²) in [5.74, 6) is -0.116. The lowest BCUT2D eigenvalue weighted by molar-refractivity contribution is -0.130. The van der Waals surface area contributed by atoms with Gasteiger partial charge >= 0.3 is 0 Å². The van der Waals surface area contributed by atoms with E-state index in [0.29, 0.717) is 5.88 Å². The molecule has 0 fully saturated rings. The van der Waals surface area contributed by atoms with Gasteiger partial charge in [0.25, 0.3) is 5.79 Å². The van der Waals surface area contributed by atoms with E-state index in [2.05, 4.69) is 0 Å². The quantitative estimate of drug-likeness (QED) is 0.707. The maximum absolute atomic E-state index is 5.70. The van der Waals surface area contributed by atoms with Crippen molar-refractivity contribution in [3.63, 3.8) is 0 Å². The van der Waals surface area contributed by atoms with Crippen molar-refractivity contribution in [2.24, 2.45) is 0 Å². The Morgan fingerprint density at radius 1 is 1.46 bits per heavy atom. The van der Waals surface area contributed by atoms with Gasteiger partial charge in [-0.2, -0.15) is 0 Å². The molecule has 70 valence electrons. The van der Waals surface area contributed by atoms with Gasteiger partial charge in [-0.05, 0) is 17.0 Å². The molecule has 2 nitrogen and oxygen atoms in total. The van der Waals surface area contributed by atoms with Crippen molar-refractivity contribution in [1.29, 1.82) is 0 Å². The van der Waals surface area contributed by atoms with Crippen LogP contribution in [0.5, 0.6) is 0 Å². The Morgan fingerprint density at radius 2 is 2.15 bits per heavy atom. The van der Waals surface area contributed by atoms with E-state index in [1.54, 1.807) is 23.9 Å². The minimum atomic E-state index is -0.644. The molecule has 0 radical (unpaired) electrons. The summed E-state index contributed by atoms with van der Waals surface area (Å²) in [4.78, 5) is 1.04. The highest BCUT2D eigenvalue weighted by Crippen LogP contribution is 2.35. The van der Waals surface area contributed by atoms with Crippen LogP contribution in [0.1, 0.15) is 17.4 Å². The summed E-state index contributed by atoms with van der Waals surface area (Å²) >= 11 is 7.30. The van der Waals surface area contributed by atoms with Gasteiger partial charge in [-0.15, -0.1) is 22.9 Å². The maximum Gasteiger partial charge on any atom is 0.283 e. The van der Waals surface area contributed by atoms with Gasteiger partial charge in [0.1, 0.15) is 12.5 Å². The average molecular weight is 217 g/mol. The van der Waals surface area contributed by atoms with Crippen molar-refractivity contribution in [3.05, 3.63) is 34.4 Å². The highest BCUT2D eigenvalue weighted by Gasteiger charge is 2.33. The SMILES string of the molecule is CC1(c2cc(CCl)cs2)OC=CO1. The Labute approximate surface area is 85.7 Å². The number of halogens is 1. The summed E-state index contributed by atoms with van der Waals surface area (Å²) in [6.07, 6.45) is 3.11. The number of rotatable bonds is 2. The molecule has 0 amide bonds. The predicted octanol–water partition coefficient (Wildman–Crippen LogP) is 3.18. The second-order valence-electron chi connectivity index (χ2n) is 2.91. The molecule has 2 rings (SSSR count). The fraction of sp³-hybridized carbons (Fsp3) is 0.333. The fourth-order valence-electron chi connectivity index (χ4n) is 1.14. The van der Waals surface area contributed by atoms with Crippen molar-refractivity contribution in [1.82, 2.24) is 0 Å². The van der Waals surface area contributed by atoms with Crippen molar-refractivity contribution >= 4 is 22.9 Å². The molecule has 2 heterocycles. The first kappa shape index (κ1) is 8.91. The molecular formula is C9H9ClO2S. The third kappa shape index (κ3) is 1.54. The number of thiophene rings is 1. The minimum absolute atomic E-state index is 0.528. The van der Waals surface area contributed by atoms with Gasteiger partial charge in [0, 0.05) is 12.8 Å². The zero-order chi connectivity index (χ0) is 9.31. The van der Waals surface area contributed by atoms with Crippen LogP contribution in [0.4, 0.5) is 0 Å². The number of hydrogen-bond acceptors (Lipinski definition) is 3. The van der Waals surface area contributed by atoms with Crippen molar-refractivity contribution in [2.75, 3.05) is 0 Å². The Kier molecular flexibility index (Phi) is 2.22. The highest BCUT2D eigenvalue weighted by atomic mass is 35.5. The first-order valence-corrected chi connectivity index (χ1v) is 5.30. The van der Waals surface area contributed by atoms with Crippen LogP contribution < -0.4 is 0 Å². The average Bonchev–Trinajstić information content (AvgIpc) is 2.72. The lowest BCUT2D eigenvalue weighted by Crippen LogP contribution is -2.20. The van der Waals surface area contributed by atoms with E-state index in [1.807, 2.05) is 18.4 Å². The topological polar surface area (TPSA) is 18.5 Å². The fourth-order valence-corrected chi connectivity index (χ4v) is 2.35. The molecule has 0 saturated carbocycles. The third-order valence-electron chi connectivity index (χ3n) is 1.90. The summed E-state index contributed by atoms with van der Waals surface area (Å²) in [6, 6.07) is 2.00. The van der Waals surface area contributed by atoms with E-state index in [1.165, 1.54) is 0 Å². The molecule has 1 aromatic rings. The molecule has 4 heteroatoms. The van der Waals surface area contributed by atoms with Crippen molar-refractivity contribution < 1.29 is 9.47 Å². The van der Waals surface area contributed by atoms with Gasteiger partial charge in [-0.3, -0.25) is 0 Å². The van der Waals surface area contributed by atoms with E-state index < -0.39 is 5.79 Å². The highest BCUT2D eigenvalue weighted by molar-refractivity contribution is 7.10. The summed E-state index contributed by atoms with van der Waals surface area (Å²) in [7, 11) is 0. The Balaban J connectivity index is 2.24. The minimum Gasteiger partial charge on any atom is -0.452 e. The van der Waals surface area contributed by atoms with Crippen LogP contribution in [0.15, 0.2) is 24.0 Å². The van der Waals surface area contributed by atoms with Gasteiger partial charge in [0.05, 0.1) is 4.88 Å². The summed E-state index contributed by atoms with van der Waals surface area (Å²) in [5, 5.41) is 2.01. The second kappa shape index (κ2) is 3.24. The van der Waals surface area contributed by atoms with Crippen LogP contribution in [-0.4, -0.2) is 0 Å². The van der Waals surface area contributed by atoms with Gasteiger partial charge in [0.2, 0.25) is 0 Å². The van der Waals surface area contributed by atoms with Crippen LogP contribution >= 0.6 is 22.9 Å². The first-order chi connectivity index (χ1) is 6.24. The predicted molar refractivity (Wildman–Crippen MR) is 52.5 cm³/mol. The molecule has 13 heavy (non-hydrogen) atoms. The number of alkyl halides is 1. The smallest absolute Gasteiger partial charge is 0.283 e. The van der Waals surface area contributed by atoms with Crippen LogP contribution in [0.2, 0.25) is 0 Å². The summed E-state index contributed by atoms with van der Waals surface area (Å²) in [5.41, 5.74) is 1.10. The molecule has 0 unspecified atom stereocenters. The van der Waals surface area contributed by atoms with E-state index in [0.717, 1.165) is 10.4 Å². The zero-order valence-electron chi connectivity index (χ0n) is 7.12. The molecule has 1 aromatic heterocycles. The standard InChI is InChI=1S/C9H9ClO2S/c1-9(11-2-3-12-9)8-4-7(5-10)6-13-8/h2-4,6H,5H2,1H3. The molecule has 0 spiro atoms. The molecule has 1 aliphatic heterocycles. The van der Waals surface area contributed by atoms with Crippen LogP contribution in [0.3, 0.4) is 0 Å². The van der Waals surface area contributed by atoms with Crippen LogP contribution in [0, 0.1) is 0 Å². The zero-order valence-corrected chi connectivity index (χ0v) is 8.69. The molecular weight excluding hydrogens is 208 g/mol. The van der Waals surface area contributed by atoms with E-state index in [4.69, 9.17) is 21.1 Å². The maximum atomic E-state index is 5.70. The Morgan fingerprint density at radius 3 is 2.69 bits per heavy atom. The second-order valence-corrected chi connectivity index (χ2v) is 4.08. The molecule has 1 aliphatic rings. The molecule has 0 N–H and O–H groups in total. The van der Waals surface area contributed by atoms with Gasteiger partial charge in [0.15, 0.2) is 0 Å². The first-order valence-electron chi connectivity index (χ1n) is 3.89. The van der Waals surface area contributed by atoms with Crippen molar-refractivity contribution in [3.8, 4) is 0 Å². The molecule has 0 saturated heterocycles. The van der Waals surface area contributed by atoms with Crippen molar-refractivity contribution in [2.45, 2.75) is 18.6 Å². The van der Waals surface area contributed by atoms with E-state index in [9.17, 15) is 0 Å². The van der Waals surface area contributed by atoms with E-state index >= 15 is 0 Å². The molecule has 0 bridgehead atoms. The Bertz CT molecular complexity index is 324. The monoisotopic (exact) mass is 216 g/mol. The lowest BCUT2D eigenvalue weighted by Gasteiger charge is -2.20. The summed E-state index contributed by atoms with van der Waals surface area (Å²) in [6.45, 7) is 1.89. The summed E-state index contributed by atoms with van der Waals surface area (Å²) < 4.78 is 10.7. The normalized spacial score (nSPS) is 18.3. The van der Waals surface area contributed by atoms with Gasteiger partial charge < -0.3 is 9.47 Å². The van der Waals surface area contributed by atoms with Gasteiger partial charge in [-0.1, -0.05) is 0 Å². The van der Waals surface area contributed by atoms with Gasteiger partial charge in [-0.25, -0.2) is 0 Å². The third-order valence-corrected chi connectivity index (χ3v) is 3.37.